The van der Waals surface area contributed by atoms with E-state index < -0.39 is 0 Å². The van der Waals surface area contributed by atoms with Crippen molar-refractivity contribution in [3.8, 4) is 16.3 Å². The highest BCUT2D eigenvalue weighted by molar-refractivity contribution is 7.98. The van der Waals surface area contributed by atoms with Crippen LogP contribution in [0.5, 0.6) is 5.75 Å². The van der Waals surface area contributed by atoms with Crippen LogP contribution in [0.15, 0.2) is 24.3 Å². The zero-order valence-corrected chi connectivity index (χ0v) is 13.6. The molecule has 0 saturated heterocycles. The monoisotopic (exact) mass is 320 g/mol. The number of hydrogen-bond acceptors (Lipinski definition) is 6. The van der Waals surface area contributed by atoms with Crippen LogP contribution in [0, 0.1) is 0 Å². The van der Waals surface area contributed by atoms with Gasteiger partial charge in [0.05, 0.1) is 12.9 Å². The first-order valence-corrected chi connectivity index (χ1v) is 8.72. The lowest BCUT2D eigenvalue weighted by Gasteiger charge is -2.00. The molecule has 7 heteroatoms. The quantitative estimate of drug-likeness (QED) is 0.651. The van der Waals surface area contributed by atoms with Gasteiger partial charge in [0.25, 0.3) is 0 Å². The van der Waals surface area contributed by atoms with Gasteiger partial charge in [0.15, 0.2) is 5.82 Å². The smallest absolute Gasteiger partial charge is 0.235 e. The van der Waals surface area contributed by atoms with Crippen molar-refractivity contribution in [3.05, 3.63) is 30.1 Å². The predicted molar refractivity (Wildman–Crippen MR) is 87.1 cm³/mol. The zero-order chi connectivity index (χ0) is 14.7. The molecule has 2 aromatic heterocycles. The lowest BCUT2D eigenvalue weighted by molar-refractivity contribution is 0.415. The SMILES string of the molecule is CCCSCc1nnc2sc(-c3ccc(OC)cc3)nn12. The summed E-state index contributed by atoms with van der Waals surface area (Å²) in [4.78, 5) is 0.841. The molecule has 0 fully saturated rings. The molecule has 0 unspecified atom stereocenters. The maximum Gasteiger partial charge on any atom is 0.235 e. The Kier molecular flexibility index (Phi) is 4.40. The van der Waals surface area contributed by atoms with E-state index in [1.807, 2.05) is 40.5 Å². The fraction of sp³-hybridized carbons (Fsp3) is 0.357. The molecular formula is C14H16N4OS2. The minimum atomic E-state index is 0.841. The van der Waals surface area contributed by atoms with Crippen molar-refractivity contribution in [1.82, 2.24) is 19.8 Å². The van der Waals surface area contributed by atoms with Crippen LogP contribution in [0.25, 0.3) is 15.5 Å². The first-order chi connectivity index (χ1) is 10.3. The lowest BCUT2D eigenvalue weighted by atomic mass is 10.2. The van der Waals surface area contributed by atoms with E-state index in [4.69, 9.17) is 4.74 Å². The largest absolute Gasteiger partial charge is 0.497 e. The zero-order valence-electron chi connectivity index (χ0n) is 11.9. The van der Waals surface area contributed by atoms with Crippen LogP contribution in [-0.2, 0) is 5.75 Å². The van der Waals surface area contributed by atoms with E-state index in [0.29, 0.717) is 0 Å². The molecule has 0 atom stereocenters. The van der Waals surface area contributed by atoms with Crippen LogP contribution in [0.2, 0.25) is 0 Å². The number of fused-ring (bicyclic) bond motifs is 1. The maximum absolute atomic E-state index is 5.18. The molecule has 3 aromatic rings. The van der Waals surface area contributed by atoms with Crippen LogP contribution in [-0.4, -0.2) is 32.7 Å². The number of hydrogen-bond donors (Lipinski definition) is 0. The van der Waals surface area contributed by atoms with Crippen molar-refractivity contribution in [3.63, 3.8) is 0 Å². The molecule has 0 aliphatic heterocycles. The van der Waals surface area contributed by atoms with Gasteiger partial charge in [-0.3, -0.25) is 0 Å². The first-order valence-electron chi connectivity index (χ1n) is 6.75. The van der Waals surface area contributed by atoms with Crippen molar-refractivity contribution >= 4 is 28.1 Å². The summed E-state index contributed by atoms with van der Waals surface area (Å²) >= 11 is 3.41. The molecule has 0 aliphatic carbocycles. The second-order valence-corrected chi connectivity index (χ2v) is 6.56. The van der Waals surface area contributed by atoms with Crippen LogP contribution in [0.1, 0.15) is 19.2 Å². The summed E-state index contributed by atoms with van der Waals surface area (Å²) in [5.74, 6) is 3.74. The normalized spacial score (nSPS) is 11.1. The van der Waals surface area contributed by atoms with Gasteiger partial charge in [-0.1, -0.05) is 18.3 Å². The number of ether oxygens (including phenoxy) is 1. The van der Waals surface area contributed by atoms with Gasteiger partial charge in [0.1, 0.15) is 10.8 Å². The Morgan fingerprint density at radius 3 is 2.76 bits per heavy atom. The summed E-state index contributed by atoms with van der Waals surface area (Å²) < 4.78 is 7.03. The fourth-order valence-corrected chi connectivity index (χ4v) is 3.56. The average molecular weight is 320 g/mol. The van der Waals surface area contributed by atoms with Crippen molar-refractivity contribution in [2.75, 3.05) is 12.9 Å². The molecule has 0 amide bonds. The summed E-state index contributed by atoms with van der Waals surface area (Å²) in [6.07, 6.45) is 1.17. The molecule has 21 heavy (non-hydrogen) atoms. The molecule has 1 aromatic carbocycles. The van der Waals surface area contributed by atoms with Gasteiger partial charge in [0, 0.05) is 5.56 Å². The summed E-state index contributed by atoms with van der Waals surface area (Å²) in [6, 6.07) is 7.90. The van der Waals surface area contributed by atoms with E-state index in [1.165, 1.54) is 6.42 Å². The molecule has 5 nitrogen and oxygen atoms in total. The van der Waals surface area contributed by atoms with Gasteiger partial charge in [0.2, 0.25) is 4.96 Å². The predicted octanol–water partition coefficient (Wildman–Crippen LogP) is 3.50. The third-order valence-corrected chi connectivity index (χ3v) is 5.08. The lowest BCUT2D eigenvalue weighted by Crippen LogP contribution is -1.94. The minimum Gasteiger partial charge on any atom is -0.497 e. The van der Waals surface area contributed by atoms with Crippen molar-refractivity contribution < 1.29 is 4.74 Å². The Morgan fingerprint density at radius 1 is 1.24 bits per heavy atom. The standard InChI is InChI=1S/C14H16N4OS2/c1-3-8-20-9-12-15-16-14-18(12)17-13(21-14)10-4-6-11(19-2)7-5-10/h4-7H,3,8-9H2,1-2H3. The highest BCUT2D eigenvalue weighted by atomic mass is 32.2. The van der Waals surface area contributed by atoms with Gasteiger partial charge in [-0.05, 0) is 36.4 Å². The molecule has 0 radical (unpaired) electrons. The van der Waals surface area contributed by atoms with Crippen molar-refractivity contribution in [2.45, 2.75) is 19.1 Å². The number of rotatable bonds is 6. The Labute approximate surface area is 131 Å². The fourth-order valence-electron chi connectivity index (χ4n) is 1.91. The highest BCUT2D eigenvalue weighted by Crippen LogP contribution is 2.27. The molecule has 2 heterocycles. The van der Waals surface area contributed by atoms with Crippen LogP contribution in [0.3, 0.4) is 0 Å². The Bertz CT molecular complexity index is 720. The van der Waals surface area contributed by atoms with Crippen LogP contribution >= 0.6 is 23.1 Å². The number of nitrogens with zero attached hydrogens (tertiary/aromatic N) is 4. The summed E-state index contributed by atoms with van der Waals surface area (Å²) in [5.41, 5.74) is 1.07. The topological polar surface area (TPSA) is 52.3 Å². The second kappa shape index (κ2) is 6.44. The minimum absolute atomic E-state index is 0.841. The van der Waals surface area contributed by atoms with Crippen molar-refractivity contribution in [1.29, 1.82) is 0 Å². The van der Waals surface area contributed by atoms with E-state index in [-0.39, 0.29) is 0 Å². The number of benzene rings is 1. The number of methoxy groups -OCH3 is 1. The molecule has 0 N–H and O–H groups in total. The average Bonchev–Trinajstić information content (AvgIpc) is 3.09. The number of thioether (sulfide) groups is 1. The van der Waals surface area contributed by atoms with Gasteiger partial charge >= 0.3 is 0 Å². The molecule has 0 bridgehead atoms. The van der Waals surface area contributed by atoms with Crippen LogP contribution in [0.4, 0.5) is 0 Å². The van der Waals surface area contributed by atoms with E-state index in [2.05, 4.69) is 22.2 Å². The maximum atomic E-state index is 5.18. The Morgan fingerprint density at radius 2 is 2.05 bits per heavy atom. The number of aromatic nitrogens is 4. The summed E-state index contributed by atoms with van der Waals surface area (Å²) in [7, 11) is 1.67. The van der Waals surface area contributed by atoms with Gasteiger partial charge in [-0.2, -0.15) is 21.4 Å². The van der Waals surface area contributed by atoms with E-state index in [0.717, 1.165) is 38.6 Å². The van der Waals surface area contributed by atoms with E-state index in [1.54, 1.807) is 18.4 Å². The summed E-state index contributed by atoms with van der Waals surface area (Å²) in [6.45, 7) is 2.18. The van der Waals surface area contributed by atoms with Gasteiger partial charge in [-0.25, -0.2) is 0 Å². The Hall–Kier alpha value is -1.60. The summed E-state index contributed by atoms with van der Waals surface area (Å²) in [5, 5.41) is 14.0. The van der Waals surface area contributed by atoms with Crippen molar-refractivity contribution in [2.24, 2.45) is 0 Å². The molecule has 0 saturated carbocycles. The molecular weight excluding hydrogens is 304 g/mol. The highest BCUT2D eigenvalue weighted by Gasteiger charge is 2.12. The molecule has 0 spiro atoms. The molecule has 3 rings (SSSR count). The van der Waals surface area contributed by atoms with Crippen LogP contribution < -0.4 is 4.74 Å². The third kappa shape index (κ3) is 3.03. The molecule has 0 aliphatic rings. The molecule has 110 valence electrons. The van der Waals surface area contributed by atoms with E-state index in [9.17, 15) is 0 Å². The Balaban J connectivity index is 1.86. The van der Waals surface area contributed by atoms with Gasteiger partial charge < -0.3 is 4.74 Å². The third-order valence-electron chi connectivity index (χ3n) is 2.97. The second-order valence-electron chi connectivity index (χ2n) is 4.50. The van der Waals surface area contributed by atoms with E-state index >= 15 is 0 Å². The first kappa shape index (κ1) is 14.3. The van der Waals surface area contributed by atoms with Gasteiger partial charge in [-0.15, -0.1) is 10.2 Å².